The normalized spacial score (nSPS) is 33.2. The molecule has 3 aliphatic heterocycles. The van der Waals surface area contributed by atoms with E-state index in [0.717, 1.165) is 25.2 Å². The average molecular weight is 412 g/mol. The molecule has 1 aromatic carbocycles. The molecule has 162 valence electrons. The number of hydrogen-bond acceptors (Lipinski definition) is 6. The van der Waals surface area contributed by atoms with Crippen LogP contribution < -0.4 is 10.6 Å². The van der Waals surface area contributed by atoms with E-state index >= 15 is 0 Å². The predicted octanol–water partition coefficient (Wildman–Crippen LogP) is 2.84. The molecule has 1 aromatic heterocycles. The van der Waals surface area contributed by atoms with Crippen LogP contribution in [0.25, 0.3) is 11.1 Å². The van der Waals surface area contributed by atoms with Crippen molar-refractivity contribution in [3.05, 3.63) is 23.8 Å². The molecule has 4 atom stereocenters. The molecule has 5 rings (SSSR count). The van der Waals surface area contributed by atoms with Crippen LogP contribution in [-0.2, 0) is 0 Å². The van der Waals surface area contributed by atoms with Gasteiger partial charge in [-0.05, 0) is 58.7 Å². The lowest BCUT2D eigenvalue weighted by Gasteiger charge is -2.53. The third-order valence-corrected chi connectivity index (χ3v) is 7.67. The highest BCUT2D eigenvalue weighted by Gasteiger charge is 2.41. The molecule has 2 N–H and O–H groups in total. The molecule has 3 fully saturated rings. The third-order valence-electron chi connectivity index (χ3n) is 7.67. The van der Waals surface area contributed by atoms with Crippen LogP contribution in [0.5, 0.6) is 0 Å². The number of rotatable bonds is 3. The SMILES string of the molecule is C[C@@H]1CN(C2CC3CCCC(C2)N3C)C[C@H](C)N1c1nc2c(C(N)=O)cccc2o1. The van der Waals surface area contributed by atoms with Gasteiger partial charge in [-0.3, -0.25) is 9.69 Å². The molecule has 0 radical (unpaired) electrons. The molecular weight excluding hydrogens is 378 g/mol. The highest BCUT2D eigenvalue weighted by molar-refractivity contribution is 6.03. The predicted molar refractivity (Wildman–Crippen MR) is 118 cm³/mol. The van der Waals surface area contributed by atoms with Crippen molar-refractivity contribution in [3.63, 3.8) is 0 Å². The highest BCUT2D eigenvalue weighted by atomic mass is 16.4. The van der Waals surface area contributed by atoms with Crippen LogP contribution in [0.2, 0.25) is 0 Å². The summed E-state index contributed by atoms with van der Waals surface area (Å²) in [6.45, 7) is 6.53. The van der Waals surface area contributed by atoms with Gasteiger partial charge in [-0.2, -0.15) is 4.98 Å². The number of nitrogens with zero attached hydrogens (tertiary/aromatic N) is 4. The minimum Gasteiger partial charge on any atom is -0.423 e. The van der Waals surface area contributed by atoms with Gasteiger partial charge in [0.1, 0.15) is 5.52 Å². The monoisotopic (exact) mass is 411 g/mol. The quantitative estimate of drug-likeness (QED) is 0.837. The van der Waals surface area contributed by atoms with Gasteiger partial charge < -0.3 is 20.0 Å². The second-order valence-corrected chi connectivity index (χ2v) is 9.60. The molecule has 7 heteroatoms. The van der Waals surface area contributed by atoms with E-state index in [1.54, 1.807) is 12.1 Å². The number of aromatic nitrogens is 1. The summed E-state index contributed by atoms with van der Waals surface area (Å²) < 4.78 is 6.08. The van der Waals surface area contributed by atoms with Crippen molar-refractivity contribution in [1.29, 1.82) is 0 Å². The van der Waals surface area contributed by atoms with Gasteiger partial charge in [-0.25, -0.2) is 0 Å². The third kappa shape index (κ3) is 3.28. The largest absolute Gasteiger partial charge is 0.423 e. The molecule has 0 spiro atoms. The van der Waals surface area contributed by atoms with E-state index in [1.807, 2.05) is 6.07 Å². The number of oxazole rings is 1. The van der Waals surface area contributed by atoms with Crippen molar-refractivity contribution in [2.24, 2.45) is 5.73 Å². The molecule has 1 amide bonds. The Labute approximate surface area is 178 Å². The molecule has 0 aliphatic carbocycles. The van der Waals surface area contributed by atoms with E-state index in [9.17, 15) is 4.79 Å². The van der Waals surface area contributed by atoms with E-state index in [2.05, 4.69) is 40.6 Å². The number of anilines is 1. The number of benzene rings is 1. The maximum Gasteiger partial charge on any atom is 0.298 e. The Hall–Kier alpha value is -2.12. The summed E-state index contributed by atoms with van der Waals surface area (Å²) in [4.78, 5) is 24.1. The zero-order chi connectivity index (χ0) is 21.0. The zero-order valence-corrected chi connectivity index (χ0v) is 18.3. The summed E-state index contributed by atoms with van der Waals surface area (Å²) in [7, 11) is 2.32. The Morgan fingerprint density at radius 1 is 1.10 bits per heavy atom. The number of carbonyl (C=O) groups excluding carboxylic acids is 1. The first-order valence-corrected chi connectivity index (χ1v) is 11.4. The second-order valence-electron chi connectivity index (χ2n) is 9.60. The van der Waals surface area contributed by atoms with Crippen LogP contribution in [0.4, 0.5) is 6.01 Å². The van der Waals surface area contributed by atoms with E-state index in [0.29, 0.717) is 40.8 Å². The van der Waals surface area contributed by atoms with Gasteiger partial charge in [0.15, 0.2) is 5.58 Å². The molecule has 2 aromatic rings. The molecule has 0 saturated carbocycles. The Kier molecular flexibility index (Phi) is 4.98. The van der Waals surface area contributed by atoms with Gasteiger partial charge in [-0.1, -0.05) is 12.5 Å². The van der Waals surface area contributed by atoms with Crippen molar-refractivity contribution in [3.8, 4) is 0 Å². The van der Waals surface area contributed by atoms with E-state index in [1.165, 1.54) is 32.1 Å². The first-order valence-electron chi connectivity index (χ1n) is 11.4. The molecule has 2 unspecified atom stereocenters. The number of piperazine rings is 1. The van der Waals surface area contributed by atoms with Crippen LogP contribution in [0, 0.1) is 0 Å². The summed E-state index contributed by atoms with van der Waals surface area (Å²) in [5, 5.41) is 0. The van der Waals surface area contributed by atoms with Gasteiger partial charge in [0, 0.05) is 43.3 Å². The summed E-state index contributed by atoms with van der Waals surface area (Å²) in [5.74, 6) is -0.473. The maximum atomic E-state index is 11.8. The van der Waals surface area contributed by atoms with Gasteiger partial charge >= 0.3 is 0 Å². The fourth-order valence-electron chi connectivity index (χ4n) is 6.17. The lowest BCUT2D eigenvalue weighted by Crippen LogP contribution is -2.63. The fraction of sp³-hybridized carbons (Fsp3) is 0.652. The standard InChI is InChI=1S/C23H33N5O2/c1-14-12-27(18-10-16-6-4-7-17(11-18)26(16)3)13-15(2)28(14)23-25-21-19(22(24)29)8-5-9-20(21)30-23/h5,8-9,14-18H,4,6-7,10-13H2,1-3H3,(H2,24,29)/t14-,15+,16?,17?,18?. The molecule has 3 saturated heterocycles. The summed E-state index contributed by atoms with van der Waals surface area (Å²) >= 11 is 0. The van der Waals surface area contributed by atoms with Crippen LogP contribution in [0.3, 0.4) is 0 Å². The number of fused-ring (bicyclic) bond motifs is 3. The van der Waals surface area contributed by atoms with Crippen LogP contribution in [0.1, 0.15) is 56.3 Å². The van der Waals surface area contributed by atoms with E-state index < -0.39 is 5.91 Å². The topological polar surface area (TPSA) is 78.8 Å². The number of hydrogen-bond donors (Lipinski definition) is 1. The van der Waals surface area contributed by atoms with Gasteiger partial charge in [-0.15, -0.1) is 0 Å². The van der Waals surface area contributed by atoms with Crippen molar-refractivity contribution in [2.45, 2.75) is 76.2 Å². The first-order chi connectivity index (χ1) is 14.4. The lowest BCUT2D eigenvalue weighted by atomic mass is 9.81. The average Bonchev–Trinajstić information content (AvgIpc) is 3.10. The van der Waals surface area contributed by atoms with Crippen LogP contribution >= 0.6 is 0 Å². The molecule has 4 heterocycles. The molecule has 30 heavy (non-hydrogen) atoms. The Morgan fingerprint density at radius 2 is 1.77 bits per heavy atom. The van der Waals surface area contributed by atoms with E-state index in [4.69, 9.17) is 10.2 Å². The van der Waals surface area contributed by atoms with Crippen molar-refractivity contribution in [2.75, 3.05) is 25.0 Å². The van der Waals surface area contributed by atoms with Gasteiger partial charge in [0.25, 0.3) is 11.9 Å². The van der Waals surface area contributed by atoms with Gasteiger partial charge in [0.2, 0.25) is 0 Å². The van der Waals surface area contributed by atoms with Crippen molar-refractivity contribution < 1.29 is 9.21 Å². The Balaban J connectivity index is 1.36. The van der Waals surface area contributed by atoms with Crippen LogP contribution in [-0.4, -0.2) is 71.0 Å². The Bertz CT molecular complexity index is 917. The number of amides is 1. The Morgan fingerprint density at radius 3 is 2.40 bits per heavy atom. The zero-order valence-electron chi connectivity index (χ0n) is 18.3. The number of piperidine rings is 2. The maximum absolute atomic E-state index is 11.8. The lowest BCUT2D eigenvalue weighted by molar-refractivity contribution is -0.000308. The summed E-state index contributed by atoms with van der Waals surface area (Å²) in [5.41, 5.74) is 7.12. The van der Waals surface area contributed by atoms with Crippen molar-refractivity contribution in [1.82, 2.24) is 14.8 Å². The number of primary amides is 1. The number of carbonyl (C=O) groups is 1. The molecular formula is C23H33N5O2. The minimum absolute atomic E-state index is 0.290. The van der Waals surface area contributed by atoms with Crippen LogP contribution in [0.15, 0.2) is 22.6 Å². The summed E-state index contributed by atoms with van der Waals surface area (Å²) in [6, 6.07) is 8.69. The number of para-hydroxylation sites is 1. The van der Waals surface area contributed by atoms with E-state index in [-0.39, 0.29) is 0 Å². The minimum atomic E-state index is -0.473. The fourth-order valence-corrected chi connectivity index (χ4v) is 6.17. The summed E-state index contributed by atoms with van der Waals surface area (Å²) in [6.07, 6.45) is 6.66. The molecule has 3 aliphatic rings. The smallest absolute Gasteiger partial charge is 0.298 e. The highest BCUT2D eigenvalue weighted by Crippen LogP contribution is 2.37. The van der Waals surface area contributed by atoms with Crippen molar-refractivity contribution >= 4 is 23.0 Å². The van der Waals surface area contributed by atoms with Gasteiger partial charge in [0.05, 0.1) is 5.56 Å². The first kappa shape index (κ1) is 19.8. The second kappa shape index (κ2) is 7.54. The number of nitrogens with two attached hydrogens (primary N) is 1. The molecule has 7 nitrogen and oxygen atoms in total. The molecule has 2 bridgehead atoms.